The van der Waals surface area contributed by atoms with E-state index in [2.05, 4.69) is 20.3 Å². The summed E-state index contributed by atoms with van der Waals surface area (Å²) in [5.74, 6) is 0.609. The second-order valence-corrected chi connectivity index (χ2v) is 6.05. The molecule has 0 bridgehead atoms. The number of pyridine rings is 1. The Morgan fingerprint density at radius 1 is 1.33 bits per heavy atom. The maximum absolute atomic E-state index is 11.3. The molecule has 1 fully saturated rings. The lowest BCUT2D eigenvalue weighted by Crippen LogP contribution is -2.23. The van der Waals surface area contributed by atoms with E-state index in [1.807, 2.05) is 0 Å². The summed E-state index contributed by atoms with van der Waals surface area (Å²) in [6, 6.07) is 1.52. The Morgan fingerprint density at radius 2 is 2.12 bits per heavy atom. The molecule has 8 heteroatoms. The minimum absolute atomic E-state index is 0.136. The monoisotopic (exact) mass is 347 g/mol. The minimum Gasteiger partial charge on any atom is -0.381 e. The Bertz CT molecular complexity index is 734. The maximum atomic E-state index is 11.3. The zero-order valence-corrected chi connectivity index (χ0v) is 13.8. The SMILES string of the molecule is NC(=O)c1cc(-c2cncc(NCC3CCOCC3)n2)c(Cl)cn1. The third kappa shape index (κ3) is 3.98. The van der Waals surface area contributed by atoms with Crippen molar-refractivity contribution in [3.05, 3.63) is 35.4 Å². The molecule has 3 heterocycles. The van der Waals surface area contributed by atoms with Gasteiger partial charge in [-0.15, -0.1) is 0 Å². The fourth-order valence-corrected chi connectivity index (χ4v) is 2.75. The molecule has 1 saturated heterocycles. The van der Waals surface area contributed by atoms with Crippen LogP contribution in [0, 0.1) is 5.92 Å². The van der Waals surface area contributed by atoms with Crippen molar-refractivity contribution < 1.29 is 9.53 Å². The van der Waals surface area contributed by atoms with E-state index in [0.717, 1.165) is 32.6 Å². The van der Waals surface area contributed by atoms with E-state index in [1.54, 1.807) is 12.4 Å². The number of anilines is 1. The van der Waals surface area contributed by atoms with Crippen molar-refractivity contribution in [2.75, 3.05) is 25.1 Å². The van der Waals surface area contributed by atoms with Crippen molar-refractivity contribution in [1.82, 2.24) is 15.0 Å². The van der Waals surface area contributed by atoms with Crippen molar-refractivity contribution in [3.8, 4) is 11.3 Å². The van der Waals surface area contributed by atoms with Gasteiger partial charge >= 0.3 is 0 Å². The van der Waals surface area contributed by atoms with Crippen LogP contribution in [-0.4, -0.2) is 40.6 Å². The topological polar surface area (TPSA) is 103 Å². The normalized spacial score (nSPS) is 15.2. The molecule has 0 saturated carbocycles. The van der Waals surface area contributed by atoms with Gasteiger partial charge in [-0.05, 0) is 24.8 Å². The average Bonchev–Trinajstić information content (AvgIpc) is 2.61. The van der Waals surface area contributed by atoms with Crippen LogP contribution in [0.1, 0.15) is 23.3 Å². The smallest absolute Gasteiger partial charge is 0.267 e. The van der Waals surface area contributed by atoms with Crippen LogP contribution in [0.3, 0.4) is 0 Å². The summed E-state index contributed by atoms with van der Waals surface area (Å²) in [6.45, 7) is 2.43. The molecule has 7 nitrogen and oxygen atoms in total. The molecule has 0 aliphatic carbocycles. The lowest BCUT2D eigenvalue weighted by Gasteiger charge is -2.22. The van der Waals surface area contributed by atoms with Crippen LogP contribution in [0.15, 0.2) is 24.7 Å². The lowest BCUT2D eigenvalue weighted by atomic mass is 10.0. The standard InChI is InChI=1S/C16H18ClN5O2/c17-12-7-20-13(16(18)23)5-11(12)14-8-19-9-15(22-14)21-6-10-1-3-24-4-2-10/h5,7-10H,1-4,6H2,(H2,18,23)(H,21,22). The third-order valence-corrected chi connectivity index (χ3v) is 4.23. The Balaban J connectivity index is 1.77. The van der Waals surface area contributed by atoms with E-state index < -0.39 is 5.91 Å². The van der Waals surface area contributed by atoms with E-state index in [0.29, 0.717) is 28.0 Å². The highest BCUT2D eigenvalue weighted by atomic mass is 35.5. The summed E-state index contributed by atoms with van der Waals surface area (Å²) in [4.78, 5) is 23.9. The minimum atomic E-state index is -0.616. The van der Waals surface area contributed by atoms with Gasteiger partial charge in [0, 0.05) is 31.5 Å². The Kier molecular flexibility index (Phi) is 5.22. The molecule has 1 aliphatic rings. The van der Waals surface area contributed by atoms with E-state index in [9.17, 15) is 4.79 Å². The first-order valence-corrected chi connectivity index (χ1v) is 8.10. The number of carbonyl (C=O) groups is 1. The number of carbonyl (C=O) groups excluding carboxylic acids is 1. The molecule has 0 aromatic carbocycles. The summed E-state index contributed by atoms with van der Waals surface area (Å²) in [5, 5.41) is 3.69. The van der Waals surface area contributed by atoms with Gasteiger partial charge in [-0.25, -0.2) is 9.97 Å². The number of nitrogens with one attached hydrogen (secondary N) is 1. The maximum Gasteiger partial charge on any atom is 0.267 e. The summed E-state index contributed by atoms with van der Waals surface area (Å²) in [7, 11) is 0. The van der Waals surface area contributed by atoms with Crippen LogP contribution in [-0.2, 0) is 4.74 Å². The lowest BCUT2D eigenvalue weighted by molar-refractivity contribution is 0.0699. The number of hydrogen-bond acceptors (Lipinski definition) is 6. The quantitative estimate of drug-likeness (QED) is 0.858. The van der Waals surface area contributed by atoms with E-state index in [-0.39, 0.29) is 5.69 Å². The predicted octanol–water partition coefficient (Wildman–Crippen LogP) is 2.13. The van der Waals surface area contributed by atoms with E-state index >= 15 is 0 Å². The molecule has 0 radical (unpaired) electrons. The summed E-state index contributed by atoms with van der Waals surface area (Å²) in [5.41, 5.74) is 6.53. The van der Waals surface area contributed by atoms with Gasteiger partial charge in [-0.2, -0.15) is 0 Å². The van der Waals surface area contributed by atoms with Crippen molar-refractivity contribution in [2.45, 2.75) is 12.8 Å². The van der Waals surface area contributed by atoms with Gasteiger partial charge in [-0.3, -0.25) is 9.78 Å². The van der Waals surface area contributed by atoms with Gasteiger partial charge in [0.15, 0.2) is 0 Å². The molecule has 0 unspecified atom stereocenters. The van der Waals surface area contributed by atoms with Crippen LogP contribution in [0.5, 0.6) is 0 Å². The van der Waals surface area contributed by atoms with E-state index in [4.69, 9.17) is 22.1 Å². The van der Waals surface area contributed by atoms with Gasteiger partial charge in [0.2, 0.25) is 0 Å². The largest absolute Gasteiger partial charge is 0.381 e. The molecule has 0 atom stereocenters. The number of aromatic nitrogens is 3. The van der Waals surface area contributed by atoms with Gasteiger partial charge in [-0.1, -0.05) is 11.6 Å². The molecule has 126 valence electrons. The molecule has 2 aromatic heterocycles. The number of nitrogens with two attached hydrogens (primary N) is 1. The molecule has 3 rings (SSSR count). The zero-order chi connectivity index (χ0) is 16.9. The van der Waals surface area contributed by atoms with Crippen molar-refractivity contribution in [2.24, 2.45) is 11.7 Å². The first-order chi connectivity index (χ1) is 11.6. The molecule has 3 N–H and O–H groups in total. The molecular weight excluding hydrogens is 330 g/mol. The average molecular weight is 348 g/mol. The van der Waals surface area contributed by atoms with Gasteiger partial charge < -0.3 is 15.8 Å². The molecule has 0 spiro atoms. The number of amides is 1. The van der Waals surface area contributed by atoms with Crippen LogP contribution >= 0.6 is 11.6 Å². The number of primary amides is 1. The molecule has 2 aromatic rings. The van der Waals surface area contributed by atoms with Crippen molar-refractivity contribution >= 4 is 23.3 Å². The van der Waals surface area contributed by atoms with Crippen LogP contribution in [0.25, 0.3) is 11.3 Å². The molecule has 1 amide bonds. The van der Waals surface area contributed by atoms with Gasteiger partial charge in [0.25, 0.3) is 5.91 Å². The molecular formula is C16H18ClN5O2. The summed E-state index contributed by atoms with van der Waals surface area (Å²) in [6.07, 6.45) is 6.72. The van der Waals surface area contributed by atoms with Crippen molar-refractivity contribution in [3.63, 3.8) is 0 Å². The predicted molar refractivity (Wildman–Crippen MR) is 90.8 cm³/mol. The number of ether oxygens (including phenoxy) is 1. The Labute approximate surface area is 144 Å². The number of halogens is 1. The van der Waals surface area contributed by atoms with Crippen molar-refractivity contribution in [1.29, 1.82) is 0 Å². The molecule has 1 aliphatic heterocycles. The van der Waals surface area contributed by atoms with Gasteiger partial charge in [0.1, 0.15) is 11.5 Å². The first kappa shape index (κ1) is 16.6. The van der Waals surface area contributed by atoms with Crippen LogP contribution < -0.4 is 11.1 Å². The second kappa shape index (κ2) is 7.55. The third-order valence-electron chi connectivity index (χ3n) is 3.93. The molecule has 24 heavy (non-hydrogen) atoms. The van der Waals surface area contributed by atoms with Gasteiger partial charge in [0.05, 0.1) is 23.1 Å². The van der Waals surface area contributed by atoms with Crippen LogP contribution in [0.2, 0.25) is 5.02 Å². The van der Waals surface area contributed by atoms with Crippen LogP contribution in [0.4, 0.5) is 5.82 Å². The Morgan fingerprint density at radius 3 is 2.88 bits per heavy atom. The highest BCUT2D eigenvalue weighted by Gasteiger charge is 2.15. The number of hydrogen-bond donors (Lipinski definition) is 2. The highest BCUT2D eigenvalue weighted by molar-refractivity contribution is 6.33. The Hall–Kier alpha value is -2.25. The summed E-state index contributed by atoms with van der Waals surface area (Å²) < 4.78 is 5.36. The highest BCUT2D eigenvalue weighted by Crippen LogP contribution is 2.26. The fourth-order valence-electron chi connectivity index (χ4n) is 2.55. The number of nitrogens with zero attached hydrogens (tertiary/aromatic N) is 3. The second-order valence-electron chi connectivity index (χ2n) is 5.64. The first-order valence-electron chi connectivity index (χ1n) is 7.73. The zero-order valence-electron chi connectivity index (χ0n) is 13.0. The number of rotatable bonds is 5. The fraction of sp³-hybridized carbons (Fsp3) is 0.375. The summed E-state index contributed by atoms with van der Waals surface area (Å²) >= 11 is 6.17. The van der Waals surface area contributed by atoms with E-state index in [1.165, 1.54) is 12.3 Å².